The monoisotopic (exact) mass is 300 g/mol. The first-order chi connectivity index (χ1) is 9.82. The third kappa shape index (κ3) is 11.7. The Morgan fingerprint density at radius 1 is 1.10 bits per heavy atom. The molecule has 0 rings (SSSR count). The van der Waals surface area contributed by atoms with Crippen LogP contribution in [0.1, 0.15) is 52.4 Å². The van der Waals surface area contributed by atoms with E-state index in [2.05, 4.69) is 6.58 Å². The summed E-state index contributed by atoms with van der Waals surface area (Å²) in [6, 6.07) is 0. The van der Waals surface area contributed by atoms with Gasteiger partial charge in [-0.2, -0.15) is 0 Å². The number of ether oxygens (including phenoxy) is 2. The van der Waals surface area contributed by atoms with E-state index in [1.54, 1.807) is 13.8 Å². The molecule has 0 aliphatic rings. The van der Waals surface area contributed by atoms with Crippen LogP contribution in [0.5, 0.6) is 0 Å². The fourth-order valence-corrected chi connectivity index (χ4v) is 1.50. The molecule has 0 saturated heterocycles. The van der Waals surface area contributed by atoms with E-state index in [9.17, 15) is 14.4 Å². The molecule has 1 unspecified atom stereocenters. The van der Waals surface area contributed by atoms with Crippen LogP contribution >= 0.6 is 0 Å². The van der Waals surface area contributed by atoms with Gasteiger partial charge in [0.15, 0.2) is 0 Å². The lowest BCUT2D eigenvalue weighted by Crippen LogP contribution is -2.22. The molecule has 21 heavy (non-hydrogen) atoms. The molecule has 0 aromatic carbocycles. The van der Waals surface area contributed by atoms with E-state index in [-0.39, 0.29) is 25.4 Å². The summed E-state index contributed by atoms with van der Waals surface area (Å²) < 4.78 is 9.96. The molecule has 6 nitrogen and oxygen atoms in total. The van der Waals surface area contributed by atoms with Crippen LogP contribution in [-0.2, 0) is 23.9 Å². The number of aliphatic carboxylic acids is 1. The number of rotatable bonds is 11. The number of hydrogen-bond donors (Lipinski definition) is 1. The van der Waals surface area contributed by atoms with Crippen LogP contribution in [0.2, 0.25) is 0 Å². The molecule has 6 heteroatoms. The van der Waals surface area contributed by atoms with Crippen molar-refractivity contribution in [1.82, 2.24) is 0 Å². The van der Waals surface area contributed by atoms with E-state index >= 15 is 0 Å². The van der Waals surface area contributed by atoms with Crippen molar-refractivity contribution in [3.05, 3.63) is 12.2 Å². The van der Waals surface area contributed by atoms with Gasteiger partial charge in [0.25, 0.3) is 0 Å². The number of esters is 2. The van der Waals surface area contributed by atoms with Gasteiger partial charge >= 0.3 is 17.9 Å². The minimum atomic E-state index is -0.798. The maximum Gasteiger partial charge on any atom is 0.333 e. The molecule has 0 fully saturated rings. The zero-order chi connectivity index (χ0) is 16.3. The molecule has 0 heterocycles. The van der Waals surface area contributed by atoms with Crippen LogP contribution in [0.25, 0.3) is 0 Å². The van der Waals surface area contributed by atoms with Crippen LogP contribution in [0.4, 0.5) is 0 Å². The van der Waals surface area contributed by atoms with Gasteiger partial charge in [-0.05, 0) is 26.7 Å². The molecule has 0 spiro atoms. The zero-order valence-corrected chi connectivity index (χ0v) is 12.7. The fourth-order valence-electron chi connectivity index (χ4n) is 1.50. The van der Waals surface area contributed by atoms with Gasteiger partial charge in [-0.3, -0.25) is 9.59 Å². The summed E-state index contributed by atoms with van der Waals surface area (Å²) in [5.41, 5.74) is 0.300. The molecule has 0 amide bonds. The molecule has 0 aromatic rings. The van der Waals surface area contributed by atoms with Crippen molar-refractivity contribution in [1.29, 1.82) is 0 Å². The van der Waals surface area contributed by atoms with E-state index in [0.717, 1.165) is 12.8 Å². The van der Waals surface area contributed by atoms with Crippen molar-refractivity contribution in [2.75, 3.05) is 6.61 Å². The molecule has 1 atom stereocenters. The van der Waals surface area contributed by atoms with Crippen LogP contribution in [0.3, 0.4) is 0 Å². The number of unbranched alkanes of at least 4 members (excludes halogenated alkanes) is 3. The average molecular weight is 300 g/mol. The summed E-state index contributed by atoms with van der Waals surface area (Å²) in [5.74, 6) is -1.64. The standard InChI is InChI=1S/C15H24O6/c1-11(2)15(19)21-12(3)10-20-14(18)9-7-5-4-6-8-13(16)17/h12H,1,4-10H2,2-3H3,(H,16,17). The zero-order valence-electron chi connectivity index (χ0n) is 12.7. The predicted molar refractivity (Wildman–Crippen MR) is 76.7 cm³/mol. The van der Waals surface area contributed by atoms with Crippen molar-refractivity contribution in [3.8, 4) is 0 Å². The SMILES string of the molecule is C=C(C)C(=O)OC(C)COC(=O)CCCCCCC(=O)O. The highest BCUT2D eigenvalue weighted by Gasteiger charge is 2.12. The Balaban J connectivity index is 3.60. The van der Waals surface area contributed by atoms with Crippen molar-refractivity contribution < 1.29 is 29.0 Å². The highest BCUT2D eigenvalue weighted by molar-refractivity contribution is 5.87. The smallest absolute Gasteiger partial charge is 0.333 e. The van der Waals surface area contributed by atoms with Crippen LogP contribution in [-0.4, -0.2) is 35.7 Å². The molecule has 0 radical (unpaired) electrons. The normalized spacial score (nSPS) is 11.5. The first-order valence-corrected chi connectivity index (χ1v) is 7.06. The Morgan fingerprint density at radius 3 is 2.19 bits per heavy atom. The Bertz CT molecular complexity index is 374. The fraction of sp³-hybridized carbons (Fsp3) is 0.667. The summed E-state index contributed by atoms with van der Waals surface area (Å²) in [6.07, 6.45) is 2.81. The van der Waals surface area contributed by atoms with Gasteiger partial charge in [0.05, 0.1) is 0 Å². The topological polar surface area (TPSA) is 89.9 Å². The van der Waals surface area contributed by atoms with E-state index < -0.39 is 18.0 Å². The second kappa shape index (κ2) is 10.9. The van der Waals surface area contributed by atoms with Crippen LogP contribution < -0.4 is 0 Å². The van der Waals surface area contributed by atoms with Gasteiger partial charge in [-0.25, -0.2) is 4.79 Å². The minimum absolute atomic E-state index is 0.0247. The van der Waals surface area contributed by atoms with Gasteiger partial charge < -0.3 is 14.6 Å². The van der Waals surface area contributed by atoms with Crippen molar-refractivity contribution in [2.24, 2.45) is 0 Å². The number of carboxylic acids is 1. The summed E-state index contributed by atoms with van der Waals surface area (Å²) in [7, 11) is 0. The summed E-state index contributed by atoms with van der Waals surface area (Å²) >= 11 is 0. The van der Waals surface area contributed by atoms with E-state index in [1.165, 1.54) is 0 Å². The lowest BCUT2D eigenvalue weighted by Gasteiger charge is -2.13. The molecule has 0 aliphatic carbocycles. The molecule has 0 bridgehead atoms. The Labute approximate surface area is 125 Å². The second-order valence-corrected chi connectivity index (χ2v) is 4.99. The van der Waals surface area contributed by atoms with Crippen molar-refractivity contribution in [2.45, 2.75) is 58.5 Å². The average Bonchev–Trinajstić information content (AvgIpc) is 2.39. The lowest BCUT2D eigenvalue weighted by molar-refractivity contribution is -0.155. The molecule has 0 saturated carbocycles. The molecule has 1 N–H and O–H groups in total. The largest absolute Gasteiger partial charge is 0.481 e. The van der Waals surface area contributed by atoms with E-state index in [0.29, 0.717) is 18.4 Å². The van der Waals surface area contributed by atoms with E-state index in [4.69, 9.17) is 14.6 Å². The first kappa shape index (κ1) is 19.1. The minimum Gasteiger partial charge on any atom is -0.481 e. The lowest BCUT2D eigenvalue weighted by atomic mass is 10.1. The van der Waals surface area contributed by atoms with Crippen LogP contribution in [0, 0.1) is 0 Å². The maximum absolute atomic E-state index is 11.4. The van der Waals surface area contributed by atoms with Gasteiger partial charge in [0.2, 0.25) is 0 Å². The highest BCUT2D eigenvalue weighted by Crippen LogP contribution is 2.07. The highest BCUT2D eigenvalue weighted by atomic mass is 16.6. The number of hydrogen-bond acceptors (Lipinski definition) is 5. The third-order valence-electron chi connectivity index (χ3n) is 2.66. The summed E-state index contributed by atoms with van der Waals surface area (Å²) in [4.78, 5) is 32.9. The van der Waals surface area contributed by atoms with Gasteiger partial charge in [-0.1, -0.05) is 19.4 Å². The number of carboxylic acid groups (broad SMARTS) is 1. The Kier molecular flexibility index (Phi) is 9.92. The molecule has 120 valence electrons. The third-order valence-corrected chi connectivity index (χ3v) is 2.66. The summed E-state index contributed by atoms with van der Waals surface area (Å²) in [6.45, 7) is 6.67. The quantitative estimate of drug-likeness (QED) is 0.358. The molecular weight excluding hydrogens is 276 g/mol. The van der Waals surface area contributed by atoms with Crippen molar-refractivity contribution >= 4 is 17.9 Å². The number of carbonyl (C=O) groups excluding carboxylic acids is 2. The molecule has 0 aromatic heterocycles. The Hall–Kier alpha value is -1.85. The van der Waals surface area contributed by atoms with Crippen molar-refractivity contribution in [3.63, 3.8) is 0 Å². The summed E-state index contributed by atoms with van der Waals surface area (Å²) in [5, 5.41) is 8.46. The number of carbonyl (C=O) groups is 3. The second-order valence-electron chi connectivity index (χ2n) is 4.99. The van der Waals surface area contributed by atoms with Crippen LogP contribution in [0.15, 0.2) is 12.2 Å². The van der Waals surface area contributed by atoms with E-state index in [1.807, 2.05) is 0 Å². The van der Waals surface area contributed by atoms with Gasteiger partial charge in [0, 0.05) is 18.4 Å². The molecule has 0 aliphatic heterocycles. The Morgan fingerprint density at radius 2 is 1.67 bits per heavy atom. The first-order valence-electron chi connectivity index (χ1n) is 7.06. The molecular formula is C15H24O6. The van der Waals surface area contributed by atoms with Gasteiger partial charge in [-0.15, -0.1) is 0 Å². The maximum atomic E-state index is 11.4. The predicted octanol–water partition coefficient (Wildman–Crippen LogP) is 2.46. The van der Waals surface area contributed by atoms with Gasteiger partial charge in [0.1, 0.15) is 12.7 Å².